The highest BCUT2D eigenvalue weighted by Crippen LogP contribution is 2.32. The lowest BCUT2D eigenvalue weighted by Crippen LogP contribution is -2.32. The van der Waals surface area contributed by atoms with Gasteiger partial charge in [0, 0.05) is 18.3 Å². The van der Waals surface area contributed by atoms with E-state index in [2.05, 4.69) is 10.3 Å². The number of amides is 1. The van der Waals surface area contributed by atoms with E-state index in [0.29, 0.717) is 18.0 Å². The molecule has 0 unspecified atom stereocenters. The third kappa shape index (κ3) is 3.05. The lowest BCUT2D eigenvalue weighted by molar-refractivity contribution is -0.116. The van der Waals surface area contributed by atoms with Gasteiger partial charge in [-0.1, -0.05) is 0 Å². The summed E-state index contributed by atoms with van der Waals surface area (Å²) in [5.41, 5.74) is 0.674. The predicted octanol–water partition coefficient (Wildman–Crippen LogP) is -0.500. The van der Waals surface area contributed by atoms with Crippen LogP contribution in [0, 0.1) is 5.92 Å². The van der Waals surface area contributed by atoms with Crippen LogP contribution in [-0.2, 0) is 4.79 Å². The summed E-state index contributed by atoms with van der Waals surface area (Å²) in [5.74, 6) is 0.497. The van der Waals surface area contributed by atoms with E-state index in [-0.39, 0.29) is 11.5 Å². The molecule has 1 fully saturated rings. The molecular weight excluding hydrogens is 207 g/mol. The van der Waals surface area contributed by atoms with Crippen LogP contribution in [0.2, 0.25) is 0 Å². The highest BCUT2D eigenvalue weighted by atomic mass is 16.4. The van der Waals surface area contributed by atoms with E-state index in [1.807, 2.05) is 0 Å². The highest BCUT2D eigenvalue weighted by Gasteiger charge is 2.24. The molecule has 1 amide bonds. The van der Waals surface area contributed by atoms with Crippen molar-refractivity contribution in [2.45, 2.75) is 19.3 Å². The van der Waals surface area contributed by atoms with Gasteiger partial charge in [0.05, 0.1) is 5.59 Å². The molecule has 1 aromatic rings. The second-order valence-corrected chi connectivity index (χ2v) is 4.04. The Morgan fingerprint density at radius 3 is 2.94 bits per heavy atom. The normalized spacial score (nSPS) is 14.6. The zero-order valence-electron chi connectivity index (χ0n) is 8.76. The summed E-state index contributed by atoms with van der Waals surface area (Å²) in [6.07, 6.45) is 4.23. The molecule has 5 nitrogen and oxygen atoms in total. The number of nitrogens with zero attached hydrogens (tertiary/aromatic N) is 1. The lowest BCUT2D eigenvalue weighted by Gasteiger charge is -2.05. The van der Waals surface area contributed by atoms with Gasteiger partial charge in [-0.15, -0.1) is 0 Å². The molecule has 0 aromatic carbocycles. The first kappa shape index (κ1) is 11.1. The molecule has 0 bridgehead atoms. The van der Waals surface area contributed by atoms with Crippen LogP contribution in [0.15, 0.2) is 18.3 Å². The van der Waals surface area contributed by atoms with E-state index in [9.17, 15) is 4.79 Å². The van der Waals surface area contributed by atoms with Crippen LogP contribution in [0.3, 0.4) is 0 Å². The first-order chi connectivity index (χ1) is 7.65. The summed E-state index contributed by atoms with van der Waals surface area (Å²) < 4.78 is 0. The maximum atomic E-state index is 11.5. The number of hydrogen-bond donors (Lipinski definition) is 3. The van der Waals surface area contributed by atoms with Gasteiger partial charge >= 0.3 is 7.12 Å². The van der Waals surface area contributed by atoms with Crippen LogP contribution in [-0.4, -0.2) is 28.1 Å². The Bertz CT molecular complexity index is 393. The standard InChI is InChI=1S/C10H13BN2O3/c14-10(5-7-1-2-7)13-8-3-4-12-9(6-8)11(15)16/h3-4,6-7,15-16H,1-2,5H2,(H,12,13,14). The quantitative estimate of drug-likeness (QED) is 0.597. The van der Waals surface area contributed by atoms with Crippen LogP contribution in [0.1, 0.15) is 19.3 Å². The Kier molecular flexibility index (Phi) is 3.21. The Labute approximate surface area is 93.7 Å². The molecule has 0 aliphatic heterocycles. The average Bonchev–Trinajstić information content (AvgIpc) is 3.01. The fourth-order valence-electron chi connectivity index (χ4n) is 1.46. The molecule has 0 spiro atoms. The molecule has 2 rings (SSSR count). The van der Waals surface area contributed by atoms with Crippen molar-refractivity contribution in [2.75, 3.05) is 5.32 Å². The van der Waals surface area contributed by atoms with Crippen molar-refractivity contribution in [1.29, 1.82) is 0 Å². The zero-order valence-corrected chi connectivity index (χ0v) is 8.76. The minimum Gasteiger partial charge on any atom is -0.422 e. The smallest absolute Gasteiger partial charge is 0.422 e. The molecule has 84 valence electrons. The highest BCUT2D eigenvalue weighted by molar-refractivity contribution is 6.57. The van der Waals surface area contributed by atoms with E-state index in [0.717, 1.165) is 12.8 Å². The summed E-state index contributed by atoms with van der Waals surface area (Å²) in [7, 11) is -1.61. The molecule has 6 heteroatoms. The van der Waals surface area contributed by atoms with Crippen LogP contribution in [0.4, 0.5) is 5.69 Å². The molecule has 1 aliphatic carbocycles. The van der Waals surface area contributed by atoms with Gasteiger partial charge in [-0.3, -0.25) is 9.78 Å². The average molecular weight is 220 g/mol. The van der Waals surface area contributed by atoms with Gasteiger partial charge in [-0.05, 0) is 30.9 Å². The molecule has 0 atom stereocenters. The molecule has 16 heavy (non-hydrogen) atoms. The Hall–Kier alpha value is -1.40. The molecule has 1 aromatic heterocycles. The number of rotatable bonds is 4. The number of pyridine rings is 1. The SMILES string of the molecule is O=C(CC1CC1)Nc1ccnc(B(O)O)c1. The Balaban J connectivity index is 1.97. The maximum Gasteiger partial charge on any atom is 0.508 e. The first-order valence-electron chi connectivity index (χ1n) is 5.27. The summed E-state index contributed by atoms with van der Waals surface area (Å²) in [4.78, 5) is 15.3. The molecular formula is C10H13BN2O3. The van der Waals surface area contributed by atoms with E-state index in [4.69, 9.17) is 10.0 Å². The number of carbonyl (C=O) groups is 1. The molecule has 1 saturated carbocycles. The summed E-state index contributed by atoms with van der Waals surface area (Å²) >= 11 is 0. The number of aromatic nitrogens is 1. The number of nitrogens with one attached hydrogen (secondary N) is 1. The summed E-state index contributed by atoms with van der Waals surface area (Å²) in [6, 6.07) is 3.08. The Morgan fingerprint density at radius 2 is 2.31 bits per heavy atom. The third-order valence-corrected chi connectivity index (χ3v) is 2.50. The number of carbonyl (C=O) groups excluding carboxylic acids is 1. The first-order valence-corrected chi connectivity index (χ1v) is 5.27. The van der Waals surface area contributed by atoms with Crippen molar-refractivity contribution in [3.05, 3.63) is 18.3 Å². The van der Waals surface area contributed by atoms with Crippen molar-refractivity contribution >= 4 is 24.3 Å². The van der Waals surface area contributed by atoms with E-state index < -0.39 is 7.12 Å². The van der Waals surface area contributed by atoms with E-state index in [1.54, 1.807) is 6.07 Å². The molecule has 0 radical (unpaired) electrons. The lowest BCUT2D eigenvalue weighted by atomic mass is 9.85. The van der Waals surface area contributed by atoms with Crippen LogP contribution in [0.5, 0.6) is 0 Å². The van der Waals surface area contributed by atoms with Crippen molar-refractivity contribution in [3.63, 3.8) is 0 Å². The van der Waals surface area contributed by atoms with Crippen molar-refractivity contribution in [3.8, 4) is 0 Å². The van der Waals surface area contributed by atoms with Crippen molar-refractivity contribution in [2.24, 2.45) is 5.92 Å². The third-order valence-electron chi connectivity index (χ3n) is 2.50. The minimum atomic E-state index is -1.61. The maximum absolute atomic E-state index is 11.5. The fraction of sp³-hybridized carbons (Fsp3) is 0.400. The van der Waals surface area contributed by atoms with Crippen LogP contribution >= 0.6 is 0 Å². The fourth-order valence-corrected chi connectivity index (χ4v) is 1.46. The van der Waals surface area contributed by atoms with Crippen LogP contribution in [0.25, 0.3) is 0 Å². The van der Waals surface area contributed by atoms with Crippen LogP contribution < -0.4 is 10.9 Å². The van der Waals surface area contributed by atoms with Gasteiger partial charge in [0.1, 0.15) is 0 Å². The summed E-state index contributed by atoms with van der Waals surface area (Å²) in [6.45, 7) is 0. The molecule has 3 N–H and O–H groups in total. The molecule has 1 aliphatic rings. The van der Waals surface area contributed by atoms with Crippen molar-refractivity contribution in [1.82, 2.24) is 4.98 Å². The number of hydrogen-bond acceptors (Lipinski definition) is 4. The Morgan fingerprint density at radius 1 is 1.56 bits per heavy atom. The predicted molar refractivity (Wildman–Crippen MR) is 60.0 cm³/mol. The monoisotopic (exact) mass is 220 g/mol. The van der Waals surface area contributed by atoms with Gasteiger partial charge in [0.25, 0.3) is 0 Å². The number of anilines is 1. The minimum absolute atomic E-state index is 0.0351. The van der Waals surface area contributed by atoms with E-state index >= 15 is 0 Å². The van der Waals surface area contributed by atoms with Gasteiger partial charge in [-0.25, -0.2) is 0 Å². The van der Waals surface area contributed by atoms with Crippen molar-refractivity contribution < 1.29 is 14.8 Å². The molecule has 0 saturated heterocycles. The second kappa shape index (κ2) is 4.63. The van der Waals surface area contributed by atoms with Gasteiger partial charge in [0.2, 0.25) is 5.91 Å². The topological polar surface area (TPSA) is 82.5 Å². The van der Waals surface area contributed by atoms with Gasteiger partial charge in [-0.2, -0.15) is 0 Å². The zero-order chi connectivity index (χ0) is 11.5. The van der Waals surface area contributed by atoms with Gasteiger partial charge in [0.15, 0.2) is 0 Å². The summed E-state index contributed by atoms with van der Waals surface area (Å²) in [5, 5.41) is 20.5. The second-order valence-electron chi connectivity index (χ2n) is 4.04. The molecule has 1 heterocycles. The van der Waals surface area contributed by atoms with E-state index in [1.165, 1.54) is 12.3 Å². The largest absolute Gasteiger partial charge is 0.508 e. The van der Waals surface area contributed by atoms with Gasteiger partial charge < -0.3 is 15.4 Å².